The average molecular weight is 635 g/mol. The fourth-order valence-corrected chi connectivity index (χ4v) is 7.36. The van der Waals surface area contributed by atoms with E-state index in [0.717, 1.165) is 26.4 Å². The molecule has 0 radical (unpaired) electrons. The van der Waals surface area contributed by atoms with Crippen LogP contribution in [0.4, 0.5) is 5.69 Å². The van der Waals surface area contributed by atoms with Crippen molar-refractivity contribution in [2.45, 2.75) is 43.7 Å². The summed E-state index contributed by atoms with van der Waals surface area (Å²) in [5.74, 6) is -0.418. The van der Waals surface area contributed by atoms with E-state index >= 15 is 0 Å². The summed E-state index contributed by atoms with van der Waals surface area (Å²) in [6.07, 6.45) is 0.777. The van der Waals surface area contributed by atoms with Gasteiger partial charge in [0.05, 0.1) is 10.6 Å². The standard InChI is InChI=1S/C32H32BrN3O4S/c1-2-34-32(38)28(21-23-9-4-3-5-10-23)35(22-24-16-18-26(33)19-17-24)30(37)15-8-20-36-27-13-6-11-25-12-7-14-29(31(25)27)41(36,39)40/h3-7,9-14,16-19,28H,2,8,15,20-22H2,1H3,(H,34,38). The first-order valence-corrected chi connectivity index (χ1v) is 15.9. The van der Waals surface area contributed by atoms with Crippen molar-refractivity contribution >= 4 is 54.2 Å². The summed E-state index contributed by atoms with van der Waals surface area (Å²) in [4.78, 5) is 29.1. The third-order valence-electron chi connectivity index (χ3n) is 7.32. The smallest absolute Gasteiger partial charge is 0.265 e. The molecule has 0 fully saturated rings. The molecular weight excluding hydrogens is 602 g/mol. The zero-order valence-corrected chi connectivity index (χ0v) is 25.2. The Morgan fingerprint density at radius 3 is 2.32 bits per heavy atom. The number of likely N-dealkylation sites (N-methyl/N-ethyl adjacent to an activating group) is 1. The summed E-state index contributed by atoms with van der Waals surface area (Å²) in [6, 6.07) is 27.4. The quantitative estimate of drug-likeness (QED) is 0.231. The highest BCUT2D eigenvalue weighted by Gasteiger charge is 2.36. The van der Waals surface area contributed by atoms with Crippen LogP contribution in [0.15, 0.2) is 100 Å². The Morgan fingerprint density at radius 2 is 1.61 bits per heavy atom. The first-order chi connectivity index (χ1) is 19.8. The second-order valence-electron chi connectivity index (χ2n) is 10.1. The molecule has 1 aliphatic heterocycles. The van der Waals surface area contributed by atoms with E-state index < -0.39 is 16.1 Å². The molecule has 2 amide bonds. The molecule has 9 heteroatoms. The Kier molecular flexibility index (Phi) is 8.75. The summed E-state index contributed by atoms with van der Waals surface area (Å²) in [5.41, 5.74) is 2.49. The minimum atomic E-state index is -3.71. The van der Waals surface area contributed by atoms with Gasteiger partial charge in [-0.3, -0.25) is 13.9 Å². The Hall–Kier alpha value is -3.69. The Morgan fingerprint density at radius 1 is 0.902 bits per heavy atom. The maximum Gasteiger partial charge on any atom is 0.265 e. The number of amides is 2. The first-order valence-electron chi connectivity index (χ1n) is 13.7. The molecule has 0 aliphatic carbocycles. The van der Waals surface area contributed by atoms with Crippen LogP contribution in [-0.4, -0.2) is 44.3 Å². The second-order valence-corrected chi connectivity index (χ2v) is 12.8. The van der Waals surface area contributed by atoms with Crippen molar-refractivity contribution in [3.8, 4) is 0 Å². The lowest BCUT2D eigenvalue weighted by Gasteiger charge is -2.32. The lowest BCUT2D eigenvalue weighted by molar-refractivity contribution is -0.141. The molecule has 4 aromatic carbocycles. The van der Waals surface area contributed by atoms with Gasteiger partial charge in [-0.05, 0) is 54.1 Å². The Bertz CT molecular complexity index is 1650. The van der Waals surface area contributed by atoms with E-state index in [1.807, 2.05) is 85.8 Å². The number of carbonyl (C=O) groups excluding carboxylic acids is 2. The van der Waals surface area contributed by atoms with Gasteiger partial charge in [0.25, 0.3) is 10.0 Å². The summed E-state index contributed by atoms with van der Waals surface area (Å²) in [7, 11) is -3.71. The van der Waals surface area contributed by atoms with E-state index in [1.54, 1.807) is 17.0 Å². The first kappa shape index (κ1) is 28.8. The maximum absolute atomic E-state index is 13.9. The lowest BCUT2D eigenvalue weighted by Crippen LogP contribution is -2.50. The molecule has 1 aliphatic rings. The fourth-order valence-electron chi connectivity index (χ4n) is 5.35. The lowest BCUT2D eigenvalue weighted by atomic mass is 10.0. The maximum atomic E-state index is 13.9. The molecule has 41 heavy (non-hydrogen) atoms. The largest absolute Gasteiger partial charge is 0.355 e. The van der Waals surface area contributed by atoms with Gasteiger partial charge in [-0.2, -0.15) is 0 Å². The highest BCUT2D eigenvalue weighted by Crippen LogP contribution is 2.42. The normalized spacial score (nSPS) is 14.1. The minimum absolute atomic E-state index is 0.0968. The summed E-state index contributed by atoms with van der Waals surface area (Å²) < 4.78 is 29.1. The van der Waals surface area contributed by atoms with E-state index in [2.05, 4.69) is 21.2 Å². The molecule has 4 aromatic rings. The van der Waals surface area contributed by atoms with Gasteiger partial charge in [0, 0.05) is 42.3 Å². The molecular formula is C32H32BrN3O4S. The van der Waals surface area contributed by atoms with Crippen LogP contribution in [-0.2, 0) is 32.6 Å². The number of nitrogens with one attached hydrogen (secondary N) is 1. The van der Waals surface area contributed by atoms with E-state index in [9.17, 15) is 18.0 Å². The van der Waals surface area contributed by atoms with Crippen molar-refractivity contribution in [3.63, 3.8) is 0 Å². The van der Waals surface area contributed by atoms with Crippen molar-refractivity contribution in [2.75, 3.05) is 17.4 Å². The van der Waals surface area contributed by atoms with Crippen LogP contribution in [0.3, 0.4) is 0 Å². The third-order valence-corrected chi connectivity index (χ3v) is 9.71. The van der Waals surface area contributed by atoms with Crippen LogP contribution in [0.2, 0.25) is 0 Å². The monoisotopic (exact) mass is 633 g/mol. The van der Waals surface area contributed by atoms with Crippen molar-refractivity contribution in [1.82, 2.24) is 10.2 Å². The van der Waals surface area contributed by atoms with Crippen molar-refractivity contribution in [1.29, 1.82) is 0 Å². The van der Waals surface area contributed by atoms with Crippen LogP contribution in [0.25, 0.3) is 10.8 Å². The molecule has 0 spiro atoms. The van der Waals surface area contributed by atoms with E-state index in [0.29, 0.717) is 30.0 Å². The van der Waals surface area contributed by atoms with Crippen LogP contribution >= 0.6 is 15.9 Å². The van der Waals surface area contributed by atoms with E-state index in [4.69, 9.17) is 0 Å². The molecule has 1 atom stereocenters. The predicted octanol–water partition coefficient (Wildman–Crippen LogP) is 5.67. The van der Waals surface area contributed by atoms with E-state index in [-0.39, 0.29) is 31.3 Å². The summed E-state index contributed by atoms with van der Waals surface area (Å²) in [6.45, 7) is 2.72. The third kappa shape index (κ3) is 6.16. The van der Waals surface area contributed by atoms with Gasteiger partial charge in [0.2, 0.25) is 11.8 Å². The number of sulfonamides is 1. The van der Waals surface area contributed by atoms with Gasteiger partial charge in [0.15, 0.2) is 0 Å². The van der Waals surface area contributed by atoms with Crippen LogP contribution in [0.5, 0.6) is 0 Å². The molecule has 1 heterocycles. The van der Waals surface area contributed by atoms with Gasteiger partial charge in [-0.15, -0.1) is 0 Å². The van der Waals surface area contributed by atoms with E-state index in [1.165, 1.54) is 4.31 Å². The number of halogens is 1. The highest BCUT2D eigenvalue weighted by atomic mass is 79.9. The van der Waals surface area contributed by atoms with Gasteiger partial charge < -0.3 is 10.2 Å². The van der Waals surface area contributed by atoms with Crippen molar-refractivity contribution in [2.24, 2.45) is 0 Å². The van der Waals surface area contributed by atoms with Gasteiger partial charge in [-0.25, -0.2) is 8.42 Å². The number of benzene rings is 4. The molecule has 1 N–H and O–H groups in total. The average Bonchev–Trinajstić information content (AvgIpc) is 3.19. The SMILES string of the molecule is CCNC(=O)C(Cc1ccccc1)N(Cc1ccc(Br)cc1)C(=O)CCCN1c2cccc3cccc(c23)S1(=O)=O. The Balaban J connectivity index is 1.38. The van der Waals surface area contributed by atoms with Gasteiger partial charge >= 0.3 is 0 Å². The van der Waals surface area contributed by atoms with Gasteiger partial charge in [-0.1, -0.05) is 82.7 Å². The van der Waals surface area contributed by atoms with Crippen LogP contribution in [0, 0.1) is 0 Å². The molecule has 1 unspecified atom stereocenters. The molecule has 0 saturated heterocycles. The van der Waals surface area contributed by atoms with Crippen molar-refractivity contribution < 1.29 is 18.0 Å². The summed E-state index contributed by atoms with van der Waals surface area (Å²) >= 11 is 3.46. The molecule has 0 saturated carbocycles. The molecule has 0 aromatic heterocycles. The number of hydrogen-bond donors (Lipinski definition) is 1. The highest BCUT2D eigenvalue weighted by molar-refractivity contribution is 9.10. The fraction of sp³-hybridized carbons (Fsp3) is 0.250. The predicted molar refractivity (Wildman–Crippen MR) is 165 cm³/mol. The number of nitrogens with zero attached hydrogens (tertiary/aromatic N) is 2. The van der Waals surface area contributed by atoms with Crippen LogP contribution in [0.1, 0.15) is 30.9 Å². The van der Waals surface area contributed by atoms with Crippen molar-refractivity contribution in [3.05, 3.63) is 107 Å². The minimum Gasteiger partial charge on any atom is -0.355 e. The number of rotatable bonds is 11. The Labute approximate surface area is 249 Å². The zero-order chi connectivity index (χ0) is 29.0. The van der Waals surface area contributed by atoms with Gasteiger partial charge in [0.1, 0.15) is 6.04 Å². The summed E-state index contributed by atoms with van der Waals surface area (Å²) in [5, 5.41) is 4.49. The number of anilines is 1. The molecule has 212 valence electrons. The molecule has 5 rings (SSSR count). The molecule has 0 bridgehead atoms. The number of carbonyl (C=O) groups is 2. The topological polar surface area (TPSA) is 86.8 Å². The number of hydrogen-bond acceptors (Lipinski definition) is 4. The second kappa shape index (κ2) is 12.4. The zero-order valence-electron chi connectivity index (χ0n) is 22.8. The molecule has 7 nitrogen and oxygen atoms in total. The van der Waals surface area contributed by atoms with Crippen LogP contribution < -0.4 is 9.62 Å².